The van der Waals surface area contributed by atoms with Gasteiger partial charge in [-0.05, 0) is 49.2 Å². The Labute approximate surface area is 106 Å². The van der Waals surface area contributed by atoms with E-state index in [1.807, 2.05) is 0 Å². The number of hydrogen-bond acceptors (Lipinski definition) is 2. The minimum absolute atomic E-state index is 0.267. The quantitative estimate of drug-likeness (QED) is 0.696. The number of hydrogen-bond donors (Lipinski definition) is 0. The summed E-state index contributed by atoms with van der Waals surface area (Å²) in [5, 5.41) is 9.44. The lowest BCUT2D eigenvalue weighted by Crippen LogP contribution is -2.45. The van der Waals surface area contributed by atoms with Crippen molar-refractivity contribution in [3.8, 4) is 6.07 Å². The fourth-order valence-corrected chi connectivity index (χ4v) is 4.14. The van der Waals surface area contributed by atoms with Gasteiger partial charge in [0, 0.05) is 6.10 Å². The molecule has 0 aliphatic heterocycles. The van der Waals surface area contributed by atoms with Gasteiger partial charge in [0.25, 0.3) is 0 Å². The predicted molar refractivity (Wildman–Crippen MR) is 72.0 cm³/mol. The first-order valence-corrected chi connectivity index (χ1v) is 9.73. The van der Waals surface area contributed by atoms with Crippen molar-refractivity contribution in [3.63, 3.8) is 0 Å². The van der Waals surface area contributed by atoms with Crippen molar-refractivity contribution in [3.05, 3.63) is 0 Å². The minimum atomic E-state index is -1.66. The molecule has 0 aromatic carbocycles. The molecule has 2 aliphatic rings. The predicted octanol–water partition coefficient (Wildman–Crippen LogP) is 3.95. The van der Waals surface area contributed by atoms with E-state index < -0.39 is 8.32 Å². The maximum absolute atomic E-state index is 9.17. The number of rotatable bonds is 2. The zero-order valence-corrected chi connectivity index (χ0v) is 12.8. The third-order valence-corrected chi connectivity index (χ3v) is 9.54. The SMILES string of the molecule is CC(C)(C)[Si](C)(C)OC1CC2CC2[C@@H](C#N)C1. The summed E-state index contributed by atoms with van der Waals surface area (Å²) in [7, 11) is -1.66. The van der Waals surface area contributed by atoms with E-state index in [0.29, 0.717) is 12.0 Å². The van der Waals surface area contributed by atoms with Gasteiger partial charge in [0.2, 0.25) is 0 Å². The Morgan fingerprint density at radius 2 is 1.82 bits per heavy atom. The van der Waals surface area contributed by atoms with Gasteiger partial charge in [-0.1, -0.05) is 20.8 Å². The first-order valence-electron chi connectivity index (χ1n) is 6.82. The molecule has 0 radical (unpaired) electrons. The van der Waals surface area contributed by atoms with E-state index in [0.717, 1.165) is 12.3 Å². The molecule has 0 spiro atoms. The third kappa shape index (κ3) is 2.58. The number of nitriles is 1. The fourth-order valence-electron chi connectivity index (χ4n) is 2.76. The first kappa shape index (κ1) is 13.1. The molecule has 0 heterocycles. The third-order valence-electron chi connectivity index (χ3n) is 5.01. The van der Waals surface area contributed by atoms with Gasteiger partial charge in [-0.3, -0.25) is 0 Å². The average Bonchev–Trinajstić information content (AvgIpc) is 2.92. The van der Waals surface area contributed by atoms with Crippen molar-refractivity contribution >= 4 is 8.32 Å². The standard InChI is InChI=1S/C14H25NOSi/c1-14(2,3)17(4,5)16-12-6-10-8-13(10)11(7-12)9-15/h10-13H,6-8H2,1-5H3/t10?,11-,12?,13?/m1/s1. The lowest BCUT2D eigenvalue weighted by molar-refractivity contribution is 0.117. The van der Waals surface area contributed by atoms with Crippen LogP contribution in [0.3, 0.4) is 0 Å². The van der Waals surface area contributed by atoms with Gasteiger partial charge in [-0.15, -0.1) is 0 Å². The van der Waals surface area contributed by atoms with Gasteiger partial charge in [-0.25, -0.2) is 0 Å². The van der Waals surface area contributed by atoms with E-state index >= 15 is 0 Å². The first-order chi connectivity index (χ1) is 7.74. The molecule has 0 N–H and O–H groups in total. The van der Waals surface area contributed by atoms with Gasteiger partial charge in [0.05, 0.1) is 12.0 Å². The molecular weight excluding hydrogens is 226 g/mol. The molecule has 2 rings (SSSR count). The zero-order valence-electron chi connectivity index (χ0n) is 11.8. The summed E-state index contributed by atoms with van der Waals surface area (Å²) in [5.41, 5.74) is 0. The van der Waals surface area contributed by atoms with Crippen LogP contribution in [0.25, 0.3) is 0 Å². The molecule has 0 aromatic heterocycles. The van der Waals surface area contributed by atoms with E-state index in [1.165, 1.54) is 12.8 Å². The molecule has 0 bridgehead atoms. The molecule has 3 unspecified atom stereocenters. The second-order valence-corrected chi connectivity index (χ2v) is 12.1. The fraction of sp³-hybridized carbons (Fsp3) is 0.929. The smallest absolute Gasteiger partial charge is 0.192 e. The molecule has 4 atom stereocenters. The summed E-state index contributed by atoms with van der Waals surface area (Å²) in [6.45, 7) is 11.5. The maximum atomic E-state index is 9.17. The summed E-state index contributed by atoms with van der Waals surface area (Å²) >= 11 is 0. The van der Waals surface area contributed by atoms with Crippen molar-refractivity contribution in [1.82, 2.24) is 0 Å². The molecule has 2 aliphatic carbocycles. The van der Waals surface area contributed by atoms with Crippen LogP contribution in [0.5, 0.6) is 0 Å². The lowest BCUT2D eigenvalue weighted by atomic mass is 9.88. The minimum Gasteiger partial charge on any atom is -0.414 e. The van der Waals surface area contributed by atoms with Crippen LogP contribution in [0, 0.1) is 29.1 Å². The van der Waals surface area contributed by atoms with Crippen molar-refractivity contribution in [2.45, 2.75) is 64.3 Å². The summed E-state index contributed by atoms with van der Waals surface area (Å²) in [4.78, 5) is 0. The Balaban J connectivity index is 1.98. The van der Waals surface area contributed by atoms with Crippen molar-refractivity contribution < 1.29 is 4.43 Å². The van der Waals surface area contributed by atoms with E-state index in [4.69, 9.17) is 9.69 Å². The molecule has 0 aromatic rings. The Bertz CT molecular complexity index is 339. The van der Waals surface area contributed by atoms with Crippen molar-refractivity contribution in [2.75, 3.05) is 0 Å². The van der Waals surface area contributed by atoms with Gasteiger partial charge >= 0.3 is 0 Å². The van der Waals surface area contributed by atoms with Crippen LogP contribution in [0.1, 0.15) is 40.0 Å². The van der Waals surface area contributed by atoms with Crippen LogP contribution in [-0.2, 0) is 4.43 Å². The molecular formula is C14H25NOSi. The highest BCUT2D eigenvalue weighted by atomic mass is 28.4. The number of nitrogens with zero attached hydrogens (tertiary/aromatic N) is 1. The van der Waals surface area contributed by atoms with Crippen LogP contribution >= 0.6 is 0 Å². The largest absolute Gasteiger partial charge is 0.414 e. The average molecular weight is 251 g/mol. The molecule has 3 heteroatoms. The normalized spacial score (nSPS) is 37.2. The van der Waals surface area contributed by atoms with E-state index in [-0.39, 0.29) is 11.0 Å². The summed E-state index contributed by atoms with van der Waals surface area (Å²) in [6, 6.07) is 2.49. The molecule has 0 amide bonds. The van der Waals surface area contributed by atoms with Crippen LogP contribution in [-0.4, -0.2) is 14.4 Å². The van der Waals surface area contributed by atoms with E-state index in [2.05, 4.69) is 39.9 Å². The van der Waals surface area contributed by atoms with Crippen LogP contribution in [0.2, 0.25) is 18.1 Å². The molecule has 0 saturated heterocycles. The molecule has 2 saturated carbocycles. The van der Waals surface area contributed by atoms with Crippen LogP contribution in [0.4, 0.5) is 0 Å². The molecule has 2 nitrogen and oxygen atoms in total. The summed E-state index contributed by atoms with van der Waals surface area (Å²) in [6.07, 6.45) is 3.80. The van der Waals surface area contributed by atoms with Crippen LogP contribution in [0.15, 0.2) is 0 Å². The maximum Gasteiger partial charge on any atom is 0.192 e. The summed E-state index contributed by atoms with van der Waals surface area (Å²) in [5.74, 6) is 1.77. The Kier molecular flexibility index (Phi) is 3.16. The summed E-state index contributed by atoms with van der Waals surface area (Å²) < 4.78 is 6.46. The molecule has 96 valence electrons. The Morgan fingerprint density at radius 3 is 2.35 bits per heavy atom. The highest BCUT2D eigenvalue weighted by Gasteiger charge is 2.50. The zero-order chi connectivity index (χ0) is 12.8. The van der Waals surface area contributed by atoms with Gasteiger partial charge in [0.15, 0.2) is 8.32 Å². The van der Waals surface area contributed by atoms with E-state index in [1.54, 1.807) is 0 Å². The van der Waals surface area contributed by atoms with Gasteiger partial charge < -0.3 is 4.43 Å². The monoisotopic (exact) mass is 251 g/mol. The highest BCUT2D eigenvalue weighted by molar-refractivity contribution is 6.74. The second kappa shape index (κ2) is 4.10. The van der Waals surface area contributed by atoms with Gasteiger partial charge in [0.1, 0.15) is 0 Å². The lowest BCUT2D eigenvalue weighted by Gasteiger charge is -2.40. The van der Waals surface area contributed by atoms with Crippen LogP contribution < -0.4 is 0 Å². The topological polar surface area (TPSA) is 33.0 Å². The molecule has 17 heavy (non-hydrogen) atoms. The van der Waals surface area contributed by atoms with Gasteiger partial charge in [-0.2, -0.15) is 5.26 Å². The Hall–Kier alpha value is -0.333. The van der Waals surface area contributed by atoms with E-state index in [9.17, 15) is 0 Å². The van der Waals surface area contributed by atoms with Crippen molar-refractivity contribution in [1.29, 1.82) is 5.26 Å². The molecule has 2 fully saturated rings. The van der Waals surface area contributed by atoms with Crippen molar-refractivity contribution in [2.24, 2.45) is 17.8 Å². The number of fused-ring (bicyclic) bond motifs is 1. The Morgan fingerprint density at radius 1 is 1.18 bits per heavy atom. The highest BCUT2D eigenvalue weighted by Crippen LogP contribution is 2.54. The second-order valence-electron chi connectivity index (χ2n) is 7.37.